The van der Waals surface area contributed by atoms with E-state index >= 15 is 0 Å². The number of imidazole rings is 1. The van der Waals surface area contributed by atoms with Gasteiger partial charge >= 0.3 is 0 Å². The molecule has 0 saturated carbocycles. The fourth-order valence-electron chi connectivity index (χ4n) is 1.94. The highest BCUT2D eigenvalue weighted by atomic mass is 19.1. The zero-order chi connectivity index (χ0) is 13.0. The number of nitrogens with one attached hydrogen (secondary N) is 1. The van der Waals surface area contributed by atoms with Crippen LogP contribution in [0.4, 0.5) is 4.39 Å². The topological polar surface area (TPSA) is 29.9 Å². The normalized spacial score (nSPS) is 10.8. The lowest BCUT2D eigenvalue weighted by molar-refractivity contribution is 0.610. The van der Waals surface area contributed by atoms with Crippen molar-refractivity contribution < 1.29 is 4.39 Å². The second-order valence-electron chi connectivity index (χ2n) is 4.13. The number of nitrogens with zero attached hydrogens (tertiary/aromatic N) is 2. The maximum atomic E-state index is 14.1. The number of hydrogen-bond acceptors (Lipinski definition) is 2. The molecule has 0 aliphatic carbocycles. The number of rotatable bonds is 5. The zero-order valence-electron chi connectivity index (χ0n) is 10.8. The molecule has 0 amide bonds. The average Bonchev–Trinajstić information content (AvgIpc) is 2.84. The van der Waals surface area contributed by atoms with Crippen molar-refractivity contribution >= 4 is 0 Å². The Kier molecular flexibility index (Phi) is 4.10. The maximum Gasteiger partial charge on any atom is 0.147 e. The molecule has 0 saturated heterocycles. The predicted molar refractivity (Wildman–Crippen MR) is 70.3 cm³/mol. The van der Waals surface area contributed by atoms with E-state index in [1.807, 2.05) is 26.0 Å². The molecule has 0 spiro atoms. The van der Waals surface area contributed by atoms with Crippen LogP contribution in [0.15, 0.2) is 30.6 Å². The van der Waals surface area contributed by atoms with Crippen LogP contribution in [0.2, 0.25) is 0 Å². The lowest BCUT2D eigenvalue weighted by atomic mass is 10.2. The van der Waals surface area contributed by atoms with Gasteiger partial charge in [0.2, 0.25) is 0 Å². The highest BCUT2D eigenvalue weighted by molar-refractivity contribution is 5.37. The van der Waals surface area contributed by atoms with Crippen LogP contribution in [0.3, 0.4) is 0 Å². The second-order valence-corrected chi connectivity index (χ2v) is 4.13. The summed E-state index contributed by atoms with van der Waals surface area (Å²) >= 11 is 0. The molecule has 2 aromatic rings. The highest BCUT2D eigenvalue weighted by Gasteiger charge is 2.08. The third-order valence-corrected chi connectivity index (χ3v) is 2.88. The summed E-state index contributed by atoms with van der Waals surface area (Å²) in [6.07, 6.45) is 4.28. The molecule has 18 heavy (non-hydrogen) atoms. The molecule has 0 fully saturated rings. The van der Waals surface area contributed by atoms with Crippen molar-refractivity contribution in [3.63, 3.8) is 0 Å². The van der Waals surface area contributed by atoms with Gasteiger partial charge < -0.3 is 9.88 Å². The Bertz CT molecular complexity index is 520. The minimum atomic E-state index is -0.210. The number of aryl methyl sites for hydroxylation is 1. The van der Waals surface area contributed by atoms with E-state index in [9.17, 15) is 4.39 Å². The fraction of sp³-hybridized carbons (Fsp3) is 0.357. The van der Waals surface area contributed by atoms with Gasteiger partial charge in [-0.15, -0.1) is 0 Å². The van der Waals surface area contributed by atoms with E-state index < -0.39 is 0 Å². The second kappa shape index (κ2) is 5.78. The van der Waals surface area contributed by atoms with Crippen molar-refractivity contribution in [2.24, 2.45) is 0 Å². The van der Waals surface area contributed by atoms with Crippen molar-refractivity contribution in [3.8, 4) is 5.69 Å². The zero-order valence-corrected chi connectivity index (χ0v) is 10.8. The molecule has 1 heterocycles. The molecular formula is C14H18FN3. The molecule has 0 aliphatic rings. The van der Waals surface area contributed by atoms with Gasteiger partial charge in [-0.25, -0.2) is 9.37 Å². The summed E-state index contributed by atoms with van der Waals surface area (Å²) in [4.78, 5) is 4.21. The first-order chi connectivity index (χ1) is 8.76. The van der Waals surface area contributed by atoms with Crippen molar-refractivity contribution in [1.82, 2.24) is 14.9 Å². The summed E-state index contributed by atoms with van der Waals surface area (Å²) < 4.78 is 15.9. The lowest BCUT2D eigenvalue weighted by Crippen LogP contribution is -2.12. The quantitative estimate of drug-likeness (QED) is 0.880. The molecule has 96 valence electrons. The van der Waals surface area contributed by atoms with Gasteiger partial charge in [0.1, 0.15) is 11.6 Å². The third-order valence-electron chi connectivity index (χ3n) is 2.88. The van der Waals surface area contributed by atoms with Gasteiger partial charge in [0.25, 0.3) is 0 Å². The van der Waals surface area contributed by atoms with Crippen molar-refractivity contribution in [3.05, 3.63) is 47.8 Å². The van der Waals surface area contributed by atoms with Crippen LogP contribution in [-0.2, 0) is 13.0 Å². The first-order valence-corrected chi connectivity index (χ1v) is 6.28. The number of aromatic nitrogens is 2. The van der Waals surface area contributed by atoms with E-state index in [1.54, 1.807) is 23.0 Å². The van der Waals surface area contributed by atoms with E-state index in [4.69, 9.17) is 0 Å². The Morgan fingerprint density at radius 2 is 2.17 bits per heavy atom. The SMILES string of the molecule is CCNCc1ccc(-n2ccnc2CC)c(F)c1. The summed E-state index contributed by atoms with van der Waals surface area (Å²) in [5.41, 5.74) is 1.51. The summed E-state index contributed by atoms with van der Waals surface area (Å²) in [6, 6.07) is 5.33. The van der Waals surface area contributed by atoms with Crippen LogP contribution in [-0.4, -0.2) is 16.1 Å². The lowest BCUT2D eigenvalue weighted by Gasteiger charge is -2.09. The van der Waals surface area contributed by atoms with Crippen molar-refractivity contribution in [2.45, 2.75) is 26.8 Å². The summed E-state index contributed by atoms with van der Waals surface area (Å²) in [7, 11) is 0. The molecule has 0 atom stereocenters. The Morgan fingerprint density at radius 3 is 2.83 bits per heavy atom. The molecule has 3 nitrogen and oxygen atoms in total. The largest absolute Gasteiger partial charge is 0.313 e. The molecule has 4 heteroatoms. The van der Waals surface area contributed by atoms with E-state index in [0.29, 0.717) is 12.2 Å². The van der Waals surface area contributed by atoms with Gasteiger partial charge in [0, 0.05) is 25.4 Å². The fourth-order valence-corrected chi connectivity index (χ4v) is 1.94. The van der Waals surface area contributed by atoms with Gasteiger partial charge in [0.05, 0.1) is 5.69 Å². The van der Waals surface area contributed by atoms with Gasteiger partial charge in [-0.2, -0.15) is 0 Å². The number of benzene rings is 1. The predicted octanol–water partition coefficient (Wildman–Crippen LogP) is 2.68. The number of hydrogen-bond donors (Lipinski definition) is 1. The van der Waals surface area contributed by atoms with Crippen LogP contribution < -0.4 is 5.32 Å². The van der Waals surface area contributed by atoms with Crippen LogP contribution in [0.25, 0.3) is 5.69 Å². The Morgan fingerprint density at radius 1 is 1.33 bits per heavy atom. The molecule has 2 rings (SSSR count). The molecule has 1 aromatic carbocycles. The summed E-state index contributed by atoms with van der Waals surface area (Å²) in [5.74, 6) is 0.659. The van der Waals surface area contributed by atoms with E-state index in [2.05, 4.69) is 10.3 Å². The molecule has 0 aliphatic heterocycles. The van der Waals surface area contributed by atoms with Crippen LogP contribution >= 0.6 is 0 Å². The monoisotopic (exact) mass is 247 g/mol. The number of halogens is 1. The van der Waals surface area contributed by atoms with E-state index in [-0.39, 0.29) is 5.82 Å². The van der Waals surface area contributed by atoms with Gasteiger partial charge in [-0.1, -0.05) is 19.9 Å². The molecule has 1 N–H and O–H groups in total. The van der Waals surface area contributed by atoms with Crippen molar-refractivity contribution in [1.29, 1.82) is 0 Å². The van der Waals surface area contributed by atoms with Gasteiger partial charge in [-0.05, 0) is 24.2 Å². The minimum absolute atomic E-state index is 0.210. The Hall–Kier alpha value is -1.68. The third kappa shape index (κ3) is 2.59. The average molecular weight is 247 g/mol. The summed E-state index contributed by atoms with van der Waals surface area (Å²) in [6.45, 7) is 5.61. The molecule has 1 aromatic heterocycles. The Labute approximate surface area is 107 Å². The highest BCUT2D eigenvalue weighted by Crippen LogP contribution is 2.17. The van der Waals surface area contributed by atoms with Gasteiger partial charge in [0.15, 0.2) is 0 Å². The molecule has 0 unspecified atom stereocenters. The smallest absolute Gasteiger partial charge is 0.147 e. The molecule has 0 radical (unpaired) electrons. The maximum absolute atomic E-state index is 14.1. The molecule has 0 bridgehead atoms. The van der Waals surface area contributed by atoms with Gasteiger partial charge in [-0.3, -0.25) is 0 Å². The minimum Gasteiger partial charge on any atom is -0.313 e. The first kappa shape index (κ1) is 12.8. The van der Waals surface area contributed by atoms with Crippen LogP contribution in [0.5, 0.6) is 0 Å². The Balaban J connectivity index is 2.30. The van der Waals surface area contributed by atoms with Crippen LogP contribution in [0.1, 0.15) is 25.2 Å². The van der Waals surface area contributed by atoms with E-state index in [0.717, 1.165) is 24.4 Å². The standard InChI is InChI=1S/C14H18FN3/c1-3-14-17-7-8-18(14)13-6-5-11(9-12(13)15)10-16-4-2/h5-9,16H,3-4,10H2,1-2H3. The first-order valence-electron chi connectivity index (χ1n) is 6.28. The summed E-state index contributed by atoms with van der Waals surface area (Å²) in [5, 5.41) is 3.18. The van der Waals surface area contributed by atoms with E-state index in [1.165, 1.54) is 0 Å². The van der Waals surface area contributed by atoms with Crippen molar-refractivity contribution in [2.75, 3.05) is 6.54 Å². The van der Waals surface area contributed by atoms with Crippen LogP contribution in [0, 0.1) is 5.82 Å². The molecular weight excluding hydrogens is 229 g/mol.